The SMILES string of the molecule is CCC1CCC(NC(=O)c2cc(C)cc(C(=O)NC3CCC(C)C3)c2)C1. The molecule has 2 amide bonds. The zero-order valence-corrected chi connectivity index (χ0v) is 16.3. The number of carbonyl (C=O) groups excluding carboxylic acids is 2. The highest BCUT2D eigenvalue weighted by molar-refractivity contribution is 6.00. The molecule has 0 saturated heterocycles. The van der Waals surface area contributed by atoms with Crippen LogP contribution in [0.1, 0.15) is 85.1 Å². The number of carbonyl (C=O) groups is 2. The summed E-state index contributed by atoms with van der Waals surface area (Å²) in [5, 5.41) is 6.30. The zero-order valence-electron chi connectivity index (χ0n) is 16.3. The molecule has 0 aliphatic heterocycles. The first-order valence-electron chi connectivity index (χ1n) is 10.2. The third kappa shape index (κ3) is 4.66. The van der Waals surface area contributed by atoms with Gasteiger partial charge in [0.2, 0.25) is 0 Å². The van der Waals surface area contributed by atoms with Gasteiger partial charge in [0.25, 0.3) is 11.8 Å². The molecule has 26 heavy (non-hydrogen) atoms. The molecule has 4 unspecified atom stereocenters. The molecule has 0 spiro atoms. The molecule has 2 aliphatic rings. The number of hydrogen-bond acceptors (Lipinski definition) is 2. The molecular formula is C22H32N2O2. The molecule has 0 bridgehead atoms. The van der Waals surface area contributed by atoms with Crippen molar-refractivity contribution in [1.82, 2.24) is 10.6 Å². The van der Waals surface area contributed by atoms with Gasteiger partial charge in [0.15, 0.2) is 0 Å². The molecule has 1 aromatic carbocycles. The van der Waals surface area contributed by atoms with Crippen molar-refractivity contribution in [3.63, 3.8) is 0 Å². The molecule has 0 aromatic heterocycles. The van der Waals surface area contributed by atoms with Crippen molar-refractivity contribution < 1.29 is 9.59 Å². The van der Waals surface area contributed by atoms with E-state index in [4.69, 9.17) is 0 Å². The Morgan fingerprint density at radius 3 is 2.00 bits per heavy atom. The highest BCUT2D eigenvalue weighted by Crippen LogP contribution is 2.28. The molecule has 4 atom stereocenters. The van der Waals surface area contributed by atoms with E-state index in [1.807, 2.05) is 19.1 Å². The van der Waals surface area contributed by atoms with Crippen LogP contribution in [0.4, 0.5) is 0 Å². The van der Waals surface area contributed by atoms with Gasteiger partial charge >= 0.3 is 0 Å². The second-order valence-electron chi connectivity index (χ2n) is 8.43. The first-order chi connectivity index (χ1) is 12.4. The van der Waals surface area contributed by atoms with Gasteiger partial charge in [-0.1, -0.05) is 20.3 Å². The molecule has 142 valence electrons. The Kier molecular flexibility index (Phi) is 6.00. The molecule has 4 nitrogen and oxygen atoms in total. The predicted octanol–water partition coefficient (Wildman–Crippen LogP) is 4.22. The van der Waals surface area contributed by atoms with Gasteiger partial charge in [-0.05, 0) is 81.0 Å². The smallest absolute Gasteiger partial charge is 0.251 e. The quantitative estimate of drug-likeness (QED) is 0.830. The van der Waals surface area contributed by atoms with Crippen LogP contribution in [0.5, 0.6) is 0 Å². The Morgan fingerprint density at radius 2 is 1.50 bits per heavy atom. The Labute approximate surface area is 157 Å². The van der Waals surface area contributed by atoms with E-state index in [9.17, 15) is 9.59 Å². The summed E-state index contributed by atoms with van der Waals surface area (Å²) >= 11 is 0. The van der Waals surface area contributed by atoms with Crippen LogP contribution >= 0.6 is 0 Å². The van der Waals surface area contributed by atoms with E-state index in [0.717, 1.165) is 37.2 Å². The molecule has 2 N–H and O–H groups in total. The molecule has 3 rings (SSSR count). The Bertz CT molecular complexity index is 670. The number of amides is 2. The second kappa shape index (κ2) is 8.24. The van der Waals surface area contributed by atoms with Crippen molar-refractivity contribution in [2.24, 2.45) is 11.8 Å². The monoisotopic (exact) mass is 356 g/mol. The van der Waals surface area contributed by atoms with Gasteiger partial charge in [-0.2, -0.15) is 0 Å². The summed E-state index contributed by atoms with van der Waals surface area (Å²) in [6.07, 6.45) is 7.78. The Morgan fingerprint density at radius 1 is 0.923 bits per heavy atom. The van der Waals surface area contributed by atoms with Crippen molar-refractivity contribution in [1.29, 1.82) is 0 Å². The second-order valence-corrected chi connectivity index (χ2v) is 8.43. The lowest BCUT2D eigenvalue weighted by molar-refractivity contribution is 0.0936. The molecular weight excluding hydrogens is 324 g/mol. The first kappa shape index (κ1) is 18.9. The molecule has 2 fully saturated rings. The fraction of sp³-hybridized carbons (Fsp3) is 0.636. The van der Waals surface area contributed by atoms with Crippen molar-refractivity contribution >= 4 is 11.8 Å². The van der Waals surface area contributed by atoms with Gasteiger partial charge in [0, 0.05) is 23.2 Å². The van der Waals surface area contributed by atoms with Gasteiger partial charge in [-0.3, -0.25) is 9.59 Å². The topological polar surface area (TPSA) is 58.2 Å². The lowest BCUT2D eigenvalue weighted by Gasteiger charge is -2.15. The third-order valence-electron chi connectivity index (χ3n) is 6.09. The summed E-state index contributed by atoms with van der Waals surface area (Å²) in [6, 6.07) is 6.01. The minimum atomic E-state index is -0.0613. The van der Waals surface area contributed by atoms with Gasteiger partial charge in [-0.25, -0.2) is 0 Å². The van der Waals surface area contributed by atoms with E-state index in [-0.39, 0.29) is 23.9 Å². The Balaban J connectivity index is 1.65. The van der Waals surface area contributed by atoms with Crippen LogP contribution in [0.15, 0.2) is 18.2 Å². The maximum Gasteiger partial charge on any atom is 0.251 e. The fourth-order valence-corrected chi connectivity index (χ4v) is 4.50. The van der Waals surface area contributed by atoms with E-state index in [1.165, 1.54) is 19.3 Å². The van der Waals surface area contributed by atoms with Crippen LogP contribution in [0.2, 0.25) is 0 Å². The highest BCUT2D eigenvalue weighted by Gasteiger charge is 2.26. The average molecular weight is 357 g/mol. The highest BCUT2D eigenvalue weighted by atomic mass is 16.2. The van der Waals surface area contributed by atoms with Gasteiger partial charge in [-0.15, -0.1) is 0 Å². The Hall–Kier alpha value is -1.84. The first-order valence-corrected chi connectivity index (χ1v) is 10.2. The number of hydrogen-bond donors (Lipinski definition) is 2. The maximum atomic E-state index is 12.7. The number of nitrogens with one attached hydrogen (secondary N) is 2. The predicted molar refractivity (Wildman–Crippen MR) is 104 cm³/mol. The van der Waals surface area contributed by atoms with Crippen molar-refractivity contribution in [2.75, 3.05) is 0 Å². The van der Waals surface area contributed by atoms with Gasteiger partial charge in [0.05, 0.1) is 0 Å². The van der Waals surface area contributed by atoms with Crippen LogP contribution in [0.25, 0.3) is 0 Å². The number of rotatable bonds is 5. The minimum Gasteiger partial charge on any atom is -0.349 e. The maximum absolute atomic E-state index is 12.7. The van der Waals surface area contributed by atoms with Crippen LogP contribution in [0, 0.1) is 18.8 Å². The standard InChI is InChI=1S/C22H32N2O2/c1-4-16-6-8-20(12-16)24-22(26)18-10-15(3)9-17(13-18)21(25)23-19-7-5-14(2)11-19/h9-10,13-14,16,19-20H,4-8,11-12H2,1-3H3,(H,23,25)(H,24,26). The normalized spacial score (nSPS) is 28.1. The largest absolute Gasteiger partial charge is 0.349 e. The lowest BCUT2D eigenvalue weighted by Crippen LogP contribution is -2.34. The van der Waals surface area contributed by atoms with Crippen LogP contribution in [-0.4, -0.2) is 23.9 Å². The molecule has 0 heterocycles. The number of aryl methyl sites for hydroxylation is 1. The number of benzene rings is 1. The van der Waals surface area contributed by atoms with Gasteiger partial charge in [0.1, 0.15) is 0 Å². The van der Waals surface area contributed by atoms with E-state index in [2.05, 4.69) is 24.5 Å². The summed E-state index contributed by atoms with van der Waals surface area (Å²) < 4.78 is 0. The summed E-state index contributed by atoms with van der Waals surface area (Å²) in [4.78, 5) is 25.3. The van der Waals surface area contributed by atoms with E-state index in [1.54, 1.807) is 6.07 Å². The summed E-state index contributed by atoms with van der Waals surface area (Å²) in [7, 11) is 0. The van der Waals surface area contributed by atoms with E-state index < -0.39 is 0 Å². The third-order valence-corrected chi connectivity index (χ3v) is 6.09. The lowest BCUT2D eigenvalue weighted by atomic mass is 10.0. The summed E-state index contributed by atoms with van der Waals surface area (Å²) in [5.74, 6) is 1.29. The molecule has 2 aliphatic carbocycles. The fourth-order valence-electron chi connectivity index (χ4n) is 4.50. The van der Waals surface area contributed by atoms with Crippen molar-refractivity contribution in [3.8, 4) is 0 Å². The minimum absolute atomic E-state index is 0.0565. The van der Waals surface area contributed by atoms with Gasteiger partial charge < -0.3 is 10.6 Å². The molecule has 0 radical (unpaired) electrons. The average Bonchev–Trinajstić information content (AvgIpc) is 3.23. The van der Waals surface area contributed by atoms with Crippen molar-refractivity contribution in [2.45, 2.75) is 77.8 Å². The van der Waals surface area contributed by atoms with E-state index in [0.29, 0.717) is 17.0 Å². The van der Waals surface area contributed by atoms with Crippen molar-refractivity contribution in [3.05, 3.63) is 34.9 Å². The van der Waals surface area contributed by atoms with Crippen LogP contribution in [-0.2, 0) is 0 Å². The van der Waals surface area contributed by atoms with E-state index >= 15 is 0 Å². The summed E-state index contributed by atoms with van der Waals surface area (Å²) in [5.41, 5.74) is 2.13. The zero-order chi connectivity index (χ0) is 18.7. The molecule has 2 saturated carbocycles. The molecule has 1 aromatic rings. The molecule has 4 heteroatoms. The van der Waals surface area contributed by atoms with Crippen LogP contribution < -0.4 is 10.6 Å². The van der Waals surface area contributed by atoms with Crippen LogP contribution in [0.3, 0.4) is 0 Å². The summed E-state index contributed by atoms with van der Waals surface area (Å²) in [6.45, 7) is 6.38.